The molecular weight excluding hydrogens is 287 g/mol. The predicted octanol–water partition coefficient (Wildman–Crippen LogP) is 4.19. The van der Waals surface area contributed by atoms with E-state index in [-0.39, 0.29) is 18.3 Å². The van der Waals surface area contributed by atoms with Crippen molar-refractivity contribution in [3.63, 3.8) is 0 Å². The van der Waals surface area contributed by atoms with Crippen molar-refractivity contribution in [1.82, 2.24) is 0 Å². The van der Waals surface area contributed by atoms with Crippen molar-refractivity contribution in [2.24, 2.45) is 5.92 Å². The van der Waals surface area contributed by atoms with Gasteiger partial charge in [-0.15, -0.1) is 0 Å². The number of benzene rings is 1. The Labute approximate surface area is 117 Å². The molecule has 0 radical (unpaired) electrons. The molecule has 0 amide bonds. The minimum Gasteiger partial charge on any atom is -0.404 e. The van der Waals surface area contributed by atoms with Crippen LogP contribution in [0.15, 0.2) is 36.4 Å². The summed E-state index contributed by atoms with van der Waals surface area (Å²) in [6, 6.07) is 6.22. The zero-order chi connectivity index (χ0) is 13.7. The van der Waals surface area contributed by atoms with E-state index in [0.717, 1.165) is 19.3 Å². The summed E-state index contributed by atoms with van der Waals surface area (Å²) in [5.41, 5.74) is 0. The number of halogens is 1. The van der Waals surface area contributed by atoms with Crippen LogP contribution in [0.3, 0.4) is 0 Å². The molecule has 0 aliphatic heterocycles. The van der Waals surface area contributed by atoms with E-state index in [1.54, 1.807) is 12.1 Å². The molecule has 0 bridgehead atoms. The van der Waals surface area contributed by atoms with Crippen LogP contribution in [0.2, 0.25) is 5.02 Å². The second-order valence-corrected chi connectivity index (χ2v) is 6.27. The van der Waals surface area contributed by atoms with E-state index in [2.05, 4.69) is 12.2 Å². The van der Waals surface area contributed by atoms with Gasteiger partial charge in [0.2, 0.25) is 0 Å². The predicted molar refractivity (Wildman–Crippen MR) is 74.3 cm³/mol. The number of hydrogen-bond acceptors (Lipinski definition) is 3. The van der Waals surface area contributed by atoms with Crippen molar-refractivity contribution >= 4 is 19.4 Å². The molecule has 0 spiro atoms. The Balaban J connectivity index is 1.85. The number of phosphoric acid groups is 1. The summed E-state index contributed by atoms with van der Waals surface area (Å²) >= 11 is 5.72. The van der Waals surface area contributed by atoms with Gasteiger partial charge >= 0.3 is 7.82 Å². The van der Waals surface area contributed by atoms with Gasteiger partial charge in [-0.2, -0.15) is 0 Å². The molecule has 0 saturated carbocycles. The number of rotatable bonds is 5. The standard InChI is InChI=1S/C13H16ClO4P/c14-12-6-8-13(9-7-12)18-19(15,16)17-10-11-4-2-1-3-5-11/h1-2,6-9,11H,3-5,10H2,(H,15,16). The van der Waals surface area contributed by atoms with Crippen LogP contribution in [0.5, 0.6) is 5.75 Å². The number of hydrogen-bond donors (Lipinski definition) is 1. The van der Waals surface area contributed by atoms with E-state index in [4.69, 9.17) is 20.6 Å². The Kier molecular flexibility index (Phi) is 5.06. The highest BCUT2D eigenvalue weighted by Crippen LogP contribution is 2.44. The van der Waals surface area contributed by atoms with Crippen molar-refractivity contribution in [1.29, 1.82) is 0 Å². The van der Waals surface area contributed by atoms with E-state index < -0.39 is 7.82 Å². The lowest BCUT2D eigenvalue weighted by molar-refractivity contribution is 0.168. The smallest absolute Gasteiger partial charge is 0.404 e. The van der Waals surface area contributed by atoms with Gasteiger partial charge in [-0.1, -0.05) is 23.8 Å². The fourth-order valence-corrected chi connectivity index (χ4v) is 2.83. The van der Waals surface area contributed by atoms with Crippen LogP contribution < -0.4 is 4.52 Å². The molecule has 19 heavy (non-hydrogen) atoms. The maximum Gasteiger partial charge on any atom is 0.527 e. The van der Waals surface area contributed by atoms with E-state index >= 15 is 0 Å². The molecule has 1 aromatic carbocycles. The average molecular weight is 303 g/mol. The van der Waals surface area contributed by atoms with Crippen LogP contribution in [-0.4, -0.2) is 11.5 Å². The van der Waals surface area contributed by atoms with E-state index in [1.165, 1.54) is 12.1 Å². The van der Waals surface area contributed by atoms with Crippen LogP contribution in [-0.2, 0) is 9.09 Å². The van der Waals surface area contributed by atoms with Gasteiger partial charge in [-0.3, -0.25) is 9.42 Å². The largest absolute Gasteiger partial charge is 0.527 e. The summed E-state index contributed by atoms with van der Waals surface area (Å²) in [5.74, 6) is 0.540. The molecule has 104 valence electrons. The van der Waals surface area contributed by atoms with Crippen LogP contribution >= 0.6 is 19.4 Å². The van der Waals surface area contributed by atoms with Crippen molar-refractivity contribution in [3.8, 4) is 5.75 Å². The van der Waals surface area contributed by atoms with Crippen LogP contribution in [0, 0.1) is 5.92 Å². The Morgan fingerprint density at radius 2 is 2.05 bits per heavy atom. The highest BCUT2D eigenvalue weighted by Gasteiger charge is 2.25. The lowest BCUT2D eigenvalue weighted by Crippen LogP contribution is -2.11. The molecule has 0 aromatic heterocycles. The molecule has 1 aliphatic rings. The van der Waals surface area contributed by atoms with Gasteiger partial charge in [-0.25, -0.2) is 4.57 Å². The van der Waals surface area contributed by atoms with Gasteiger partial charge in [0, 0.05) is 5.02 Å². The summed E-state index contributed by atoms with van der Waals surface area (Å²) in [6.45, 7) is 0.228. The fourth-order valence-electron chi connectivity index (χ4n) is 1.86. The maximum atomic E-state index is 11.8. The third-order valence-electron chi connectivity index (χ3n) is 2.89. The molecule has 0 saturated heterocycles. The number of allylic oxidation sites excluding steroid dienone is 2. The monoisotopic (exact) mass is 302 g/mol. The molecule has 0 fully saturated rings. The van der Waals surface area contributed by atoms with Crippen LogP contribution in [0.25, 0.3) is 0 Å². The van der Waals surface area contributed by atoms with Crippen LogP contribution in [0.1, 0.15) is 19.3 Å². The minimum absolute atomic E-state index is 0.228. The summed E-state index contributed by atoms with van der Waals surface area (Å²) in [4.78, 5) is 9.63. The topological polar surface area (TPSA) is 55.8 Å². The molecular formula is C13H16ClO4P. The average Bonchev–Trinajstić information content (AvgIpc) is 2.40. The van der Waals surface area contributed by atoms with Gasteiger partial charge in [0.25, 0.3) is 0 Å². The third kappa shape index (κ3) is 5.00. The summed E-state index contributed by atoms with van der Waals surface area (Å²) in [7, 11) is -4.06. The molecule has 2 rings (SSSR count). The first-order chi connectivity index (χ1) is 9.05. The summed E-state index contributed by atoms with van der Waals surface area (Å²) in [6.07, 6.45) is 7.01. The fraction of sp³-hybridized carbons (Fsp3) is 0.385. The van der Waals surface area contributed by atoms with Gasteiger partial charge in [0.1, 0.15) is 5.75 Å². The summed E-state index contributed by atoms with van der Waals surface area (Å²) < 4.78 is 21.8. The highest BCUT2D eigenvalue weighted by molar-refractivity contribution is 7.47. The molecule has 4 nitrogen and oxygen atoms in total. The first kappa shape index (κ1) is 14.6. The molecule has 6 heteroatoms. The Hall–Kier alpha value is -0.800. The molecule has 1 N–H and O–H groups in total. The maximum absolute atomic E-state index is 11.8. The van der Waals surface area contributed by atoms with Crippen LogP contribution in [0.4, 0.5) is 0 Å². The van der Waals surface area contributed by atoms with Crippen molar-refractivity contribution in [2.75, 3.05) is 6.61 Å². The van der Waals surface area contributed by atoms with Gasteiger partial charge in [-0.05, 0) is 49.4 Å². The SMILES string of the molecule is O=P(O)(OCC1CC=CCC1)Oc1ccc(Cl)cc1. The van der Waals surface area contributed by atoms with E-state index in [0.29, 0.717) is 5.02 Å². The first-order valence-electron chi connectivity index (χ1n) is 6.13. The zero-order valence-electron chi connectivity index (χ0n) is 10.4. The molecule has 0 heterocycles. The lowest BCUT2D eigenvalue weighted by Gasteiger charge is -2.19. The van der Waals surface area contributed by atoms with Gasteiger partial charge < -0.3 is 4.52 Å². The normalized spacial score (nSPS) is 21.9. The zero-order valence-corrected chi connectivity index (χ0v) is 12.0. The van der Waals surface area contributed by atoms with Gasteiger partial charge in [0.05, 0.1) is 6.61 Å². The Bertz CT molecular complexity index is 486. The van der Waals surface area contributed by atoms with Crippen molar-refractivity contribution in [2.45, 2.75) is 19.3 Å². The second-order valence-electron chi connectivity index (χ2n) is 4.46. The Morgan fingerprint density at radius 1 is 1.32 bits per heavy atom. The van der Waals surface area contributed by atoms with Crippen molar-refractivity contribution < 1.29 is 18.5 Å². The molecule has 1 aromatic rings. The molecule has 2 unspecified atom stereocenters. The van der Waals surface area contributed by atoms with E-state index in [9.17, 15) is 9.46 Å². The summed E-state index contributed by atoms with van der Waals surface area (Å²) in [5, 5.41) is 0.537. The quantitative estimate of drug-likeness (QED) is 0.654. The minimum atomic E-state index is -4.06. The lowest BCUT2D eigenvalue weighted by atomic mass is 9.96. The Morgan fingerprint density at radius 3 is 2.68 bits per heavy atom. The first-order valence-corrected chi connectivity index (χ1v) is 8.00. The third-order valence-corrected chi connectivity index (χ3v) is 4.05. The second kappa shape index (κ2) is 6.58. The van der Waals surface area contributed by atoms with Crippen molar-refractivity contribution in [3.05, 3.63) is 41.4 Å². The highest BCUT2D eigenvalue weighted by atomic mass is 35.5. The van der Waals surface area contributed by atoms with Gasteiger partial charge in [0.15, 0.2) is 0 Å². The number of phosphoric ester groups is 1. The molecule has 1 aliphatic carbocycles. The van der Waals surface area contributed by atoms with E-state index in [1.807, 2.05) is 0 Å². The molecule has 2 atom stereocenters.